The number of hydrogen-bond acceptors (Lipinski definition) is 5. The largest absolute Gasteiger partial charge is 0.497 e. The van der Waals surface area contributed by atoms with Crippen molar-refractivity contribution in [3.8, 4) is 5.75 Å². The molecule has 1 saturated heterocycles. The molecule has 8 heteroatoms. The first-order chi connectivity index (χ1) is 14.0. The highest BCUT2D eigenvalue weighted by molar-refractivity contribution is 7.89. The van der Waals surface area contributed by atoms with E-state index in [0.29, 0.717) is 25.1 Å². The van der Waals surface area contributed by atoms with E-state index in [0.717, 1.165) is 24.2 Å². The monoisotopic (exact) mass is 418 g/mol. The Bertz CT molecular complexity index is 905. The van der Waals surface area contributed by atoms with Gasteiger partial charge in [0.25, 0.3) is 0 Å². The summed E-state index contributed by atoms with van der Waals surface area (Å²) in [5.74, 6) is 0.645. The lowest BCUT2D eigenvalue weighted by Crippen LogP contribution is -2.31. The Kier molecular flexibility index (Phi) is 7.24. The summed E-state index contributed by atoms with van der Waals surface area (Å²) in [5, 5.41) is 2.79. The van der Waals surface area contributed by atoms with Gasteiger partial charge in [-0.2, -0.15) is 0 Å². The van der Waals surface area contributed by atoms with Gasteiger partial charge in [-0.05, 0) is 61.2 Å². The van der Waals surface area contributed by atoms with E-state index in [4.69, 9.17) is 9.47 Å². The summed E-state index contributed by atoms with van der Waals surface area (Å²) in [4.78, 5) is 12.3. The molecular weight excluding hydrogens is 392 g/mol. The van der Waals surface area contributed by atoms with Crippen LogP contribution in [0, 0.1) is 0 Å². The second kappa shape index (κ2) is 9.87. The molecule has 2 N–H and O–H groups in total. The van der Waals surface area contributed by atoms with E-state index in [1.807, 2.05) is 24.3 Å². The van der Waals surface area contributed by atoms with Crippen LogP contribution >= 0.6 is 0 Å². The highest BCUT2D eigenvalue weighted by Crippen LogP contribution is 2.17. The number of methoxy groups -OCH3 is 1. The van der Waals surface area contributed by atoms with Crippen molar-refractivity contribution in [1.29, 1.82) is 0 Å². The molecule has 1 heterocycles. The Hall–Kier alpha value is -2.42. The molecule has 1 amide bonds. The molecule has 0 aromatic heterocycles. The van der Waals surface area contributed by atoms with Crippen molar-refractivity contribution in [3.63, 3.8) is 0 Å². The summed E-state index contributed by atoms with van der Waals surface area (Å²) in [7, 11) is -1.99. The molecule has 1 aliphatic heterocycles. The number of hydrogen-bond donors (Lipinski definition) is 2. The Morgan fingerprint density at radius 1 is 1.14 bits per heavy atom. The van der Waals surface area contributed by atoms with Crippen LogP contribution in [0.4, 0.5) is 5.69 Å². The van der Waals surface area contributed by atoms with Gasteiger partial charge in [0.05, 0.1) is 18.1 Å². The molecule has 1 unspecified atom stereocenters. The van der Waals surface area contributed by atoms with E-state index >= 15 is 0 Å². The molecule has 156 valence electrons. The smallest absolute Gasteiger partial charge is 0.240 e. The van der Waals surface area contributed by atoms with Gasteiger partial charge in [0, 0.05) is 25.3 Å². The predicted octanol–water partition coefficient (Wildman–Crippen LogP) is 2.72. The van der Waals surface area contributed by atoms with Crippen LogP contribution in [0.5, 0.6) is 5.75 Å². The summed E-state index contributed by atoms with van der Waals surface area (Å²) < 4.78 is 37.9. The molecule has 7 nitrogen and oxygen atoms in total. The van der Waals surface area contributed by atoms with Crippen LogP contribution in [0.3, 0.4) is 0 Å². The number of sulfonamides is 1. The van der Waals surface area contributed by atoms with Crippen molar-refractivity contribution < 1.29 is 22.7 Å². The average Bonchev–Trinajstić information content (AvgIpc) is 3.25. The Balaban J connectivity index is 1.49. The summed E-state index contributed by atoms with van der Waals surface area (Å²) in [6.07, 6.45) is 2.70. The minimum atomic E-state index is -3.60. The van der Waals surface area contributed by atoms with Gasteiger partial charge in [-0.1, -0.05) is 12.1 Å². The molecule has 29 heavy (non-hydrogen) atoms. The first-order valence-electron chi connectivity index (χ1n) is 9.60. The average molecular weight is 419 g/mol. The third kappa shape index (κ3) is 6.28. The van der Waals surface area contributed by atoms with Crippen LogP contribution in [0.25, 0.3) is 0 Å². The molecule has 1 atom stereocenters. The van der Waals surface area contributed by atoms with Gasteiger partial charge in [0.1, 0.15) is 5.75 Å². The third-order valence-corrected chi connectivity index (χ3v) is 6.21. The highest BCUT2D eigenvalue weighted by atomic mass is 32.2. The normalized spacial score (nSPS) is 16.5. The molecule has 2 aromatic carbocycles. The van der Waals surface area contributed by atoms with Gasteiger partial charge in [0.2, 0.25) is 15.9 Å². The molecule has 3 rings (SSSR count). The number of carbonyl (C=O) groups is 1. The van der Waals surface area contributed by atoms with Crippen LogP contribution < -0.4 is 14.8 Å². The molecule has 2 aromatic rings. The van der Waals surface area contributed by atoms with E-state index in [-0.39, 0.29) is 23.5 Å². The van der Waals surface area contributed by atoms with Crippen LogP contribution in [-0.4, -0.2) is 40.7 Å². The number of aryl methyl sites for hydroxylation is 1. The fraction of sp³-hybridized carbons (Fsp3) is 0.381. The number of carbonyl (C=O) groups excluding carboxylic acids is 1. The predicted molar refractivity (Wildman–Crippen MR) is 111 cm³/mol. The van der Waals surface area contributed by atoms with Crippen molar-refractivity contribution in [3.05, 3.63) is 54.1 Å². The number of ether oxygens (including phenoxy) is 2. The van der Waals surface area contributed by atoms with Gasteiger partial charge in [-0.25, -0.2) is 13.1 Å². The fourth-order valence-electron chi connectivity index (χ4n) is 3.08. The zero-order valence-electron chi connectivity index (χ0n) is 16.4. The lowest BCUT2D eigenvalue weighted by atomic mass is 10.1. The molecule has 0 aliphatic carbocycles. The topological polar surface area (TPSA) is 93.7 Å². The van der Waals surface area contributed by atoms with E-state index in [1.54, 1.807) is 19.2 Å². The molecular formula is C21H26N2O5S. The van der Waals surface area contributed by atoms with Crippen molar-refractivity contribution in [2.24, 2.45) is 0 Å². The summed E-state index contributed by atoms with van der Waals surface area (Å²) in [6.45, 7) is 0.950. The summed E-state index contributed by atoms with van der Waals surface area (Å²) in [6, 6.07) is 13.7. The second-order valence-corrected chi connectivity index (χ2v) is 8.67. The number of nitrogens with one attached hydrogen (secondary N) is 2. The first-order valence-corrected chi connectivity index (χ1v) is 11.1. The van der Waals surface area contributed by atoms with Gasteiger partial charge >= 0.3 is 0 Å². The third-order valence-electron chi connectivity index (χ3n) is 4.77. The summed E-state index contributed by atoms with van der Waals surface area (Å²) >= 11 is 0. The number of rotatable bonds is 9. The standard InChI is InChI=1S/C21H26N2O5S/c1-27-18-9-4-16(5-10-18)6-13-21(24)23-17-7-11-20(12-8-17)29(25,26)22-15-19-3-2-14-28-19/h4-5,7-12,19,22H,2-3,6,13-15H2,1H3,(H,23,24). The molecule has 0 spiro atoms. The zero-order valence-corrected chi connectivity index (χ0v) is 17.2. The van der Waals surface area contributed by atoms with Crippen molar-refractivity contribution in [2.45, 2.75) is 36.7 Å². The fourth-order valence-corrected chi connectivity index (χ4v) is 4.15. The van der Waals surface area contributed by atoms with Crippen molar-refractivity contribution >= 4 is 21.6 Å². The zero-order chi connectivity index (χ0) is 20.7. The van der Waals surface area contributed by atoms with E-state index in [9.17, 15) is 13.2 Å². The van der Waals surface area contributed by atoms with Crippen LogP contribution in [0.1, 0.15) is 24.8 Å². The van der Waals surface area contributed by atoms with Crippen molar-refractivity contribution in [1.82, 2.24) is 4.72 Å². The molecule has 1 aliphatic rings. The van der Waals surface area contributed by atoms with Gasteiger partial charge < -0.3 is 14.8 Å². The van der Waals surface area contributed by atoms with Gasteiger partial charge in [-0.15, -0.1) is 0 Å². The highest BCUT2D eigenvalue weighted by Gasteiger charge is 2.20. The Morgan fingerprint density at radius 3 is 2.48 bits per heavy atom. The maximum atomic E-state index is 12.4. The number of benzene rings is 2. The molecule has 0 saturated carbocycles. The molecule has 1 fully saturated rings. The first kappa shape index (κ1) is 21.3. The minimum Gasteiger partial charge on any atom is -0.497 e. The molecule has 0 bridgehead atoms. The maximum Gasteiger partial charge on any atom is 0.240 e. The van der Waals surface area contributed by atoms with Crippen LogP contribution in [-0.2, 0) is 26.0 Å². The number of amides is 1. The van der Waals surface area contributed by atoms with Crippen molar-refractivity contribution in [2.75, 3.05) is 25.6 Å². The van der Waals surface area contributed by atoms with E-state index in [2.05, 4.69) is 10.0 Å². The molecule has 0 radical (unpaired) electrons. The minimum absolute atomic E-state index is 0.0611. The lowest BCUT2D eigenvalue weighted by Gasteiger charge is -2.12. The van der Waals surface area contributed by atoms with E-state index < -0.39 is 10.0 Å². The summed E-state index contributed by atoms with van der Waals surface area (Å²) in [5.41, 5.74) is 1.60. The Labute approximate surface area is 171 Å². The maximum absolute atomic E-state index is 12.4. The van der Waals surface area contributed by atoms with Gasteiger partial charge in [0.15, 0.2) is 0 Å². The van der Waals surface area contributed by atoms with E-state index in [1.165, 1.54) is 12.1 Å². The van der Waals surface area contributed by atoms with Gasteiger partial charge in [-0.3, -0.25) is 4.79 Å². The lowest BCUT2D eigenvalue weighted by molar-refractivity contribution is -0.116. The van der Waals surface area contributed by atoms with Crippen LogP contribution in [0.15, 0.2) is 53.4 Å². The number of anilines is 1. The SMILES string of the molecule is COc1ccc(CCC(=O)Nc2ccc(S(=O)(=O)NCC3CCCO3)cc2)cc1. The Morgan fingerprint density at radius 2 is 1.86 bits per heavy atom. The quantitative estimate of drug-likeness (QED) is 0.653. The second-order valence-electron chi connectivity index (χ2n) is 6.91. The van der Waals surface area contributed by atoms with Crippen LogP contribution in [0.2, 0.25) is 0 Å².